The van der Waals surface area contributed by atoms with Gasteiger partial charge in [-0.2, -0.15) is 0 Å². The molecule has 4 rings (SSSR count). The zero-order valence-electron chi connectivity index (χ0n) is 19.9. The van der Waals surface area contributed by atoms with Crippen molar-refractivity contribution in [3.8, 4) is 16.9 Å². The minimum absolute atomic E-state index is 0.0815. The Hall–Kier alpha value is -4.16. The number of oxime groups is 1. The molecule has 2 N–H and O–H groups in total. The first-order chi connectivity index (χ1) is 17.3. The van der Waals surface area contributed by atoms with Crippen LogP contribution >= 0.6 is 11.6 Å². The largest absolute Gasteiger partial charge is 0.511 e. The number of carboxylic acid groups (broad SMARTS) is 1. The van der Waals surface area contributed by atoms with Crippen LogP contribution in [0.15, 0.2) is 90.2 Å². The molecule has 0 bridgehead atoms. The number of hydrogen-bond donors (Lipinski definition) is 2. The number of pyridine rings is 1. The maximum atomic E-state index is 10.7. The molecule has 0 aliphatic heterocycles. The molecule has 1 aromatic heterocycles. The van der Waals surface area contributed by atoms with Crippen molar-refractivity contribution >= 4 is 23.5 Å². The topological polar surface area (TPSA) is 92.0 Å². The number of rotatable bonds is 7. The van der Waals surface area contributed by atoms with E-state index < -0.39 is 6.16 Å². The van der Waals surface area contributed by atoms with Gasteiger partial charge in [0.25, 0.3) is 0 Å². The van der Waals surface area contributed by atoms with Crippen molar-refractivity contribution < 1.29 is 19.8 Å². The lowest BCUT2D eigenvalue weighted by molar-refractivity contribution is 0.144. The molecule has 0 radical (unpaired) electrons. The van der Waals surface area contributed by atoms with Gasteiger partial charge in [-0.3, -0.25) is 4.98 Å². The number of aromatic nitrogens is 1. The summed E-state index contributed by atoms with van der Waals surface area (Å²) in [7, 11) is 0. The summed E-state index contributed by atoms with van der Waals surface area (Å²) in [4.78, 5) is 15.0. The van der Waals surface area contributed by atoms with Crippen LogP contribution in [0, 0.1) is 13.8 Å². The molecular formula is C29H25ClN2O4. The summed E-state index contributed by atoms with van der Waals surface area (Å²) in [5, 5.41) is 23.0. The Bertz CT molecular complexity index is 1400. The highest BCUT2D eigenvalue weighted by molar-refractivity contribution is 6.30. The summed E-state index contributed by atoms with van der Waals surface area (Å²) >= 11 is 6.23. The predicted octanol–water partition coefficient (Wildman–Crippen LogP) is 7.48. The van der Waals surface area contributed by atoms with Crippen molar-refractivity contribution in [3.63, 3.8) is 0 Å². The van der Waals surface area contributed by atoms with E-state index in [0.717, 1.165) is 39.1 Å². The Morgan fingerprint density at radius 3 is 2.22 bits per heavy atom. The van der Waals surface area contributed by atoms with Gasteiger partial charge < -0.3 is 15.1 Å². The summed E-state index contributed by atoms with van der Waals surface area (Å²) < 4.78 is 4.69. The molecule has 0 saturated heterocycles. The third-order valence-corrected chi connectivity index (χ3v) is 6.30. The highest BCUT2D eigenvalue weighted by Gasteiger charge is 2.21. The molecule has 0 spiro atoms. The fourth-order valence-corrected chi connectivity index (χ4v) is 4.52. The molecule has 0 unspecified atom stereocenters. The Balaban J connectivity index is 1.68. The molecule has 0 aliphatic rings. The van der Waals surface area contributed by atoms with E-state index in [-0.39, 0.29) is 11.7 Å². The smallest absolute Gasteiger partial charge is 0.449 e. The van der Waals surface area contributed by atoms with E-state index in [1.165, 1.54) is 0 Å². The first-order valence-corrected chi connectivity index (χ1v) is 11.7. The average molecular weight is 501 g/mol. The molecule has 36 heavy (non-hydrogen) atoms. The summed E-state index contributed by atoms with van der Waals surface area (Å²) in [5.74, 6) is 0.186. The molecule has 0 aliphatic carbocycles. The second kappa shape index (κ2) is 11.1. The van der Waals surface area contributed by atoms with Gasteiger partial charge in [0.05, 0.1) is 5.71 Å². The van der Waals surface area contributed by atoms with Crippen molar-refractivity contribution in [2.24, 2.45) is 5.16 Å². The number of carbonyl (C=O) groups is 1. The van der Waals surface area contributed by atoms with E-state index in [0.29, 0.717) is 17.2 Å². The Morgan fingerprint density at radius 1 is 0.972 bits per heavy atom. The number of aryl methyl sites for hydroxylation is 2. The van der Waals surface area contributed by atoms with Gasteiger partial charge in [-0.25, -0.2) is 4.79 Å². The van der Waals surface area contributed by atoms with Crippen LogP contribution in [-0.2, 0) is 0 Å². The highest BCUT2D eigenvalue weighted by Crippen LogP contribution is 2.34. The van der Waals surface area contributed by atoms with Gasteiger partial charge in [0.1, 0.15) is 5.75 Å². The van der Waals surface area contributed by atoms with E-state index in [2.05, 4.69) is 27.0 Å². The summed E-state index contributed by atoms with van der Waals surface area (Å²) in [6, 6.07) is 24.6. The molecule has 0 saturated carbocycles. The van der Waals surface area contributed by atoms with Crippen LogP contribution < -0.4 is 4.74 Å². The summed E-state index contributed by atoms with van der Waals surface area (Å²) in [5.41, 5.74) is 7.35. The van der Waals surface area contributed by atoms with Gasteiger partial charge in [-0.05, 0) is 78.1 Å². The van der Waals surface area contributed by atoms with E-state index in [4.69, 9.17) is 16.7 Å². The van der Waals surface area contributed by atoms with Crippen molar-refractivity contribution in [2.45, 2.75) is 26.2 Å². The number of ether oxygens (including phenoxy) is 1. The number of nitrogens with zero attached hydrogens (tertiary/aromatic N) is 2. The normalized spacial score (nSPS) is 12.2. The third-order valence-electron chi connectivity index (χ3n) is 6.06. The van der Waals surface area contributed by atoms with Gasteiger partial charge >= 0.3 is 6.16 Å². The summed E-state index contributed by atoms with van der Waals surface area (Å²) in [6.07, 6.45) is 0.839. The SMILES string of the molecule is Cc1cc(/C(C[C@@H](c2ccc(-c3ccc(OC(=O)O)cc3)cc2)c2ccc(Cl)cc2C)=N/O)ccn1. The minimum atomic E-state index is -1.34. The minimum Gasteiger partial charge on any atom is -0.449 e. The lowest BCUT2D eigenvalue weighted by Gasteiger charge is -2.21. The van der Waals surface area contributed by atoms with Crippen LogP contribution in [0.2, 0.25) is 5.02 Å². The standard InChI is InChI=1S/C29H25ClN2O4/c1-18-15-24(30)9-12-26(18)27(17-28(32-35)23-13-14-31-19(2)16-23)22-5-3-20(4-6-22)21-7-10-25(11-8-21)36-29(33)34/h3-16,27,35H,17H2,1-2H3,(H,33,34)/b32-28+/t27-/m0/s1. The van der Waals surface area contributed by atoms with Gasteiger partial charge in [0.2, 0.25) is 0 Å². The molecule has 1 atom stereocenters. The lowest BCUT2D eigenvalue weighted by atomic mass is 9.83. The molecule has 3 aromatic carbocycles. The van der Waals surface area contributed by atoms with Crippen LogP contribution in [0.3, 0.4) is 0 Å². The lowest BCUT2D eigenvalue weighted by Crippen LogP contribution is -2.12. The van der Waals surface area contributed by atoms with E-state index >= 15 is 0 Å². The summed E-state index contributed by atoms with van der Waals surface area (Å²) in [6.45, 7) is 3.92. The van der Waals surface area contributed by atoms with Crippen LogP contribution in [0.25, 0.3) is 11.1 Å². The quantitative estimate of drug-likeness (QED) is 0.0902. The van der Waals surface area contributed by atoms with E-state index in [1.807, 2.05) is 68.4 Å². The maximum absolute atomic E-state index is 10.7. The Labute approximate surface area is 214 Å². The molecule has 1 heterocycles. The van der Waals surface area contributed by atoms with Gasteiger partial charge in [0.15, 0.2) is 0 Å². The second-order valence-electron chi connectivity index (χ2n) is 8.50. The van der Waals surface area contributed by atoms with E-state index in [1.54, 1.807) is 18.3 Å². The van der Waals surface area contributed by atoms with Gasteiger partial charge in [-0.15, -0.1) is 0 Å². The molecule has 7 heteroatoms. The van der Waals surface area contributed by atoms with Crippen LogP contribution in [0.1, 0.15) is 40.3 Å². The molecule has 0 fully saturated rings. The predicted molar refractivity (Wildman–Crippen MR) is 140 cm³/mol. The third kappa shape index (κ3) is 5.90. The molecule has 6 nitrogen and oxygen atoms in total. The van der Waals surface area contributed by atoms with Crippen LogP contribution in [0.4, 0.5) is 4.79 Å². The van der Waals surface area contributed by atoms with Crippen molar-refractivity contribution in [3.05, 3.63) is 118 Å². The van der Waals surface area contributed by atoms with Gasteiger partial charge in [-0.1, -0.05) is 59.2 Å². The molecule has 4 aromatic rings. The Kier molecular flexibility index (Phi) is 7.66. The van der Waals surface area contributed by atoms with Crippen molar-refractivity contribution in [2.75, 3.05) is 0 Å². The molecule has 0 amide bonds. The van der Waals surface area contributed by atoms with Crippen molar-refractivity contribution in [1.29, 1.82) is 0 Å². The fraction of sp³-hybridized carbons (Fsp3) is 0.138. The maximum Gasteiger partial charge on any atom is 0.511 e. The monoisotopic (exact) mass is 500 g/mol. The zero-order valence-corrected chi connectivity index (χ0v) is 20.6. The first-order valence-electron chi connectivity index (χ1n) is 11.3. The molecule has 182 valence electrons. The van der Waals surface area contributed by atoms with Crippen LogP contribution in [-0.4, -0.2) is 27.2 Å². The zero-order chi connectivity index (χ0) is 25.7. The van der Waals surface area contributed by atoms with Crippen molar-refractivity contribution in [1.82, 2.24) is 4.98 Å². The molecular weight excluding hydrogens is 476 g/mol. The fourth-order valence-electron chi connectivity index (χ4n) is 4.30. The average Bonchev–Trinajstić information content (AvgIpc) is 2.86. The van der Waals surface area contributed by atoms with Crippen LogP contribution in [0.5, 0.6) is 5.75 Å². The first kappa shape index (κ1) is 24.9. The number of hydrogen-bond acceptors (Lipinski definition) is 5. The second-order valence-corrected chi connectivity index (χ2v) is 8.94. The Morgan fingerprint density at radius 2 is 1.64 bits per heavy atom. The van der Waals surface area contributed by atoms with Gasteiger partial charge in [0, 0.05) is 34.8 Å². The van der Waals surface area contributed by atoms with E-state index in [9.17, 15) is 10.0 Å². The highest BCUT2D eigenvalue weighted by atomic mass is 35.5. The number of benzene rings is 3. The number of halogens is 1.